The van der Waals surface area contributed by atoms with Crippen molar-refractivity contribution < 1.29 is 9.53 Å². The maximum atomic E-state index is 12.1. The number of anilines is 4. The van der Waals surface area contributed by atoms with Crippen LogP contribution in [0.25, 0.3) is 22.2 Å². The van der Waals surface area contributed by atoms with E-state index in [-0.39, 0.29) is 5.91 Å². The highest BCUT2D eigenvalue weighted by molar-refractivity contribution is 6.02. The number of amides is 1. The molecule has 1 amide bonds. The second-order valence-corrected chi connectivity index (χ2v) is 7.93. The molecule has 180 valence electrons. The molecule has 2 aromatic heterocycles. The van der Waals surface area contributed by atoms with Crippen LogP contribution in [-0.4, -0.2) is 55.2 Å². The van der Waals surface area contributed by atoms with Crippen molar-refractivity contribution in [1.29, 1.82) is 0 Å². The lowest BCUT2D eigenvalue weighted by Gasteiger charge is -2.24. The lowest BCUT2D eigenvalue weighted by Crippen LogP contribution is -2.28. The number of carbonyl (C=O) groups is 1. The van der Waals surface area contributed by atoms with E-state index in [1.807, 2.05) is 61.6 Å². The number of carbonyl (C=O) groups excluding carboxylic acids is 1. The van der Waals surface area contributed by atoms with Gasteiger partial charge in [-0.2, -0.15) is 0 Å². The summed E-state index contributed by atoms with van der Waals surface area (Å²) in [6.07, 6.45) is 4.89. The predicted molar refractivity (Wildman–Crippen MR) is 142 cm³/mol. The van der Waals surface area contributed by atoms with E-state index in [9.17, 15) is 4.79 Å². The number of ether oxygens (including phenoxy) is 1. The second-order valence-electron chi connectivity index (χ2n) is 7.93. The summed E-state index contributed by atoms with van der Waals surface area (Å²) >= 11 is 0. The molecule has 0 spiro atoms. The van der Waals surface area contributed by atoms with Crippen LogP contribution in [0.3, 0.4) is 0 Å². The number of hydrogen-bond donors (Lipinski definition) is 4. The second kappa shape index (κ2) is 10.7. The molecule has 9 nitrogen and oxygen atoms in total. The average molecular weight is 472 g/mol. The van der Waals surface area contributed by atoms with Crippen molar-refractivity contribution in [3.05, 3.63) is 67.5 Å². The van der Waals surface area contributed by atoms with Crippen molar-refractivity contribution in [2.24, 2.45) is 0 Å². The Balaban J connectivity index is 1.70. The van der Waals surface area contributed by atoms with E-state index in [1.54, 1.807) is 13.3 Å². The van der Waals surface area contributed by atoms with Crippen molar-refractivity contribution in [3.63, 3.8) is 0 Å². The van der Waals surface area contributed by atoms with Crippen LogP contribution in [-0.2, 0) is 4.79 Å². The van der Waals surface area contributed by atoms with Gasteiger partial charge in [0, 0.05) is 55.1 Å². The molecule has 0 radical (unpaired) electrons. The summed E-state index contributed by atoms with van der Waals surface area (Å²) in [6, 6.07) is 13.6. The number of aromatic nitrogens is 3. The number of benzene rings is 2. The van der Waals surface area contributed by atoms with E-state index in [2.05, 4.69) is 38.6 Å². The molecule has 0 fully saturated rings. The number of likely N-dealkylation sites (N-methyl/N-ethyl adjacent to an activating group) is 2. The number of para-hydroxylation sites is 1. The van der Waals surface area contributed by atoms with Gasteiger partial charge in [-0.25, -0.2) is 9.97 Å². The SMILES string of the molecule is C=CC(=O)Nc1cc(Nc2nccc(-c3c[nH]c4ccccc34)n2)c(OC)cc1N(C)CCNC. The van der Waals surface area contributed by atoms with Crippen molar-refractivity contribution in [2.75, 3.05) is 49.8 Å². The standard InChI is InChI=1S/C26H29N7O2/c1-5-25(34)30-21-14-22(24(35-4)15-23(21)33(3)13-12-27-2)32-26-28-11-10-20(31-26)18-16-29-19-9-7-6-8-17(18)19/h5-11,14-16,27,29H,1,12-13H2,2-4H3,(H,30,34)(H,28,31,32). The summed E-state index contributed by atoms with van der Waals surface area (Å²) < 4.78 is 5.66. The zero-order chi connectivity index (χ0) is 24.8. The van der Waals surface area contributed by atoms with Crippen molar-refractivity contribution >= 4 is 39.8 Å². The molecule has 4 aromatic rings. The topological polar surface area (TPSA) is 107 Å². The molecule has 0 aliphatic heterocycles. The molecule has 9 heteroatoms. The summed E-state index contributed by atoms with van der Waals surface area (Å²) in [5.74, 6) is 0.694. The molecule has 4 N–H and O–H groups in total. The molecule has 0 saturated carbocycles. The highest BCUT2D eigenvalue weighted by atomic mass is 16.5. The Kier molecular flexibility index (Phi) is 7.27. The number of aromatic amines is 1. The smallest absolute Gasteiger partial charge is 0.247 e. The normalized spacial score (nSPS) is 10.7. The maximum absolute atomic E-state index is 12.1. The van der Waals surface area contributed by atoms with Crippen LogP contribution in [0.4, 0.5) is 23.0 Å². The molecular formula is C26H29N7O2. The molecule has 35 heavy (non-hydrogen) atoms. The fourth-order valence-electron chi connectivity index (χ4n) is 3.81. The summed E-state index contributed by atoms with van der Waals surface area (Å²) in [6.45, 7) is 5.08. The molecule has 4 rings (SSSR count). The monoisotopic (exact) mass is 471 g/mol. The number of nitrogens with one attached hydrogen (secondary N) is 4. The molecular weight excluding hydrogens is 442 g/mol. The first-order chi connectivity index (χ1) is 17.0. The van der Waals surface area contributed by atoms with Crippen LogP contribution in [0.1, 0.15) is 0 Å². The molecule has 0 saturated heterocycles. The minimum absolute atomic E-state index is 0.304. The van der Waals surface area contributed by atoms with Gasteiger partial charge < -0.3 is 30.6 Å². The van der Waals surface area contributed by atoms with Crippen molar-refractivity contribution in [3.8, 4) is 17.0 Å². The van der Waals surface area contributed by atoms with Gasteiger partial charge in [-0.15, -0.1) is 0 Å². The van der Waals surface area contributed by atoms with Crippen LogP contribution in [0.15, 0.2) is 67.5 Å². The first-order valence-corrected chi connectivity index (χ1v) is 11.2. The zero-order valence-corrected chi connectivity index (χ0v) is 20.1. The Morgan fingerprint density at radius 1 is 1.23 bits per heavy atom. The van der Waals surface area contributed by atoms with E-state index in [4.69, 9.17) is 9.72 Å². The zero-order valence-electron chi connectivity index (χ0n) is 20.1. The van der Waals surface area contributed by atoms with Crippen molar-refractivity contribution in [2.45, 2.75) is 0 Å². The van der Waals surface area contributed by atoms with Gasteiger partial charge in [-0.05, 0) is 31.3 Å². The third-order valence-corrected chi connectivity index (χ3v) is 5.64. The van der Waals surface area contributed by atoms with Gasteiger partial charge in [-0.1, -0.05) is 24.8 Å². The average Bonchev–Trinajstić information content (AvgIpc) is 3.32. The molecule has 0 aliphatic carbocycles. The lowest BCUT2D eigenvalue weighted by molar-refractivity contribution is -0.111. The van der Waals surface area contributed by atoms with E-state index >= 15 is 0 Å². The van der Waals surface area contributed by atoms with Gasteiger partial charge in [0.15, 0.2) is 0 Å². The van der Waals surface area contributed by atoms with Crippen LogP contribution in [0, 0.1) is 0 Å². The van der Waals surface area contributed by atoms with Gasteiger partial charge in [-0.3, -0.25) is 4.79 Å². The van der Waals surface area contributed by atoms with Crippen molar-refractivity contribution in [1.82, 2.24) is 20.3 Å². The van der Waals surface area contributed by atoms with Crippen LogP contribution >= 0.6 is 0 Å². The summed E-state index contributed by atoms with van der Waals surface area (Å²) in [7, 11) is 5.45. The minimum atomic E-state index is -0.304. The van der Waals surface area contributed by atoms with Gasteiger partial charge in [0.05, 0.1) is 29.9 Å². The molecule has 0 atom stereocenters. The number of rotatable bonds is 10. The molecule has 0 bridgehead atoms. The predicted octanol–water partition coefficient (Wildman–Crippen LogP) is 4.16. The molecule has 2 heterocycles. The fourth-order valence-corrected chi connectivity index (χ4v) is 3.81. The minimum Gasteiger partial charge on any atom is -0.494 e. The molecule has 2 aromatic carbocycles. The maximum Gasteiger partial charge on any atom is 0.247 e. The number of H-pyrrole nitrogens is 1. The van der Waals surface area contributed by atoms with Gasteiger partial charge in [0.2, 0.25) is 11.9 Å². The summed E-state index contributed by atoms with van der Waals surface area (Å²) in [5, 5.41) is 10.4. The van der Waals surface area contributed by atoms with Crippen LogP contribution in [0.2, 0.25) is 0 Å². The van der Waals surface area contributed by atoms with Gasteiger partial charge in [0.25, 0.3) is 0 Å². The van der Waals surface area contributed by atoms with E-state index in [0.717, 1.165) is 40.9 Å². The lowest BCUT2D eigenvalue weighted by atomic mass is 10.1. The highest BCUT2D eigenvalue weighted by Crippen LogP contribution is 2.38. The quantitative estimate of drug-likeness (QED) is 0.257. The van der Waals surface area contributed by atoms with E-state index in [0.29, 0.717) is 23.1 Å². The number of hydrogen-bond acceptors (Lipinski definition) is 7. The van der Waals surface area contributed by atoms with Gasteiger partial charge >= 0.3 is 0 Å². The third-order valence-electron chi connectivity index (χ3n) is 5.64. The Labute approximate surface area is 204 Å². The first kappa shape index (κ1) is 23.8. The largest absolute Gasteiger partial charge is 0.494 e. The van der Waals surface area contributed by atoms with Crippen LogP contribution in [0.5, 0.6) is 5.75 Å². The van der Waals surface area contributed by atoms with E-state index < -0.39 is 0 Å². The third kappa shape index (κ3) is 5.25. The summed E-state index contributed by atoms with van der Waals surface area (Å²) in [5.41, 5.74) is 4.85. The number of nitrogens with zero attached hydrogens (tertiary/aromatic N) is 3. The highest BCUT2D eigenvalue weighted by Gasteiger charge is 2.16. The Bertz CT molecular complexity index is 1350. The molecule has 0 unspecified atom stereocenters. The van der Waals surface area contributed by atoms with E-state index in [1.165, 1.54) is 6.08 Å². The Morgan fingerprint density at radius 3 is 2.83 bits per heavy atom. The van der Waals surface area contributed by atoms with Gasteiger partial charge in [0.1, 0.15) is 5.75 Å². The number of methoxy groups -OCH3 is 1. The molecule has 0 aliphatic rings. The Hall–Kier alpha value is -4.37. The fraction of sp³-hybridized carbons (Fsp3) is 0.192. The summed E-state index contributed by atoms with van der Waals surface area (Å²) in [4.78, 5) is 26.6. The first-order valence-electron chi connectivity index (χ1n) is 11.2. The Morgan fingerprint density at radius 2 is 2.06 bits per heavy atom. The number of fused-ring (bicyclic) bond motifs is 1. The van der Waals surface area contributed by atoms with Crippen LogP contribution < -0.4 is 25.6 Å².